The molecule has 1 amide bonds. The third-order valence-corrected chi connectivity index (χ3v) is 7.01. The van der Waals surface area contributed by atoms with Crippen molar-refractivity contribution in [1.29, 1.82) is 0 Å². The molecule has 198 valence electrons. The molecule has 1 N–H and O–H groups in total. The van der Waals surface area contributed by atoms with Crippen molar-refractivity contribution in [1.82, 2.24) is 9.88 Å². The number of benzene rings is 2. The van der Waals surface area contributed by atoms with E-state index in [0.29, 0.717) is 40.1 Å². The molecule has 3 rings (SSSR count). The third-order valence-electron chi connectivity index (χ3n) is 6.10. The number of nitrogens with one attached hydrogen (secondary N) is 1. The molecule has 6 nitrogen and oxygen atoms in total. The van der Waals surface area contributed by atoms with Crippen LogP contribution in [0.1, 0.15) is 86.7 Å². The number of thioether (sulfide) groups is 1. The number of allylic oxidation sites excluding steroid dienone is 1. The van der Waals surface area contributed by atoms with Gasteiger partial charge in [-0.1, -0.05) is 70.1 Å². The summed E-state index contributed by atoms with van der Waals surface area (Å²) < 4.78 is 5.92. The number of oxazole rings is 1. The lowest BCUT2D eigenvalue weighted by molar-refractivity contribution is -0.116. The molecule has 1 heterocycles. The van der Waals surface area contributed by atoms with Gasteiger partial charge in [0, 0.05) is 44.2 Å². The Labute approximate surface area is 224 Å². The first kappa shape index (κ1) is 28.5. The predicted molar refractivity (Wildman–Crippen MR) is 154 cm³/mol. The van der Waals surface area contributed by atoms with Crippen molar-refractivity contribution in [2.24, 2.45) is 0 Å². The number of aromatic nitrogens is 1. The van der Waals surface area contributed by atoms with Gasteiger partial charge in [-0.15, -0.1) is 0 Å². The molecule has 0 aliphatic rings. The maximum absolute atomic E-state index is 12.7. The molecule has 0 saturated heterocycles. The fourth-order valence-electron chi connectivity index (χ4n) is 4.11. The molecule has 0 fully saturated rings. The van der Waals surface area contributed by atoms with Crippen molar-refractivity contribution in [3.05, 3.63) is 65.4 Å². The van der Waals surface area contributed by atoms with Crippen LogP contribution in [0.3, 0.4) is 0 Å². The zero-order chi connectivity index (χ0) is 26.9. The van der Waals surface area contributed by atoms with E-state index in [0.717, 1.165) is 30.7 Å². The van der Waals surface area contributed by atoms with Gasteiger partial charge in [-0.2, -0.15) is 0 Å². The molecule has 0 unspecified atom stereocenters. The van der Waals surface area contributed by atoms with E-state index in [-0.39, 0.29) is 11.7 Å². The molecule has 3 aromatic rings. The lowest BCUT2D eigenvalue weighted by atomic mass is 9.92. The molecule has 0 radical (unpaired) electrons. The van der Waals surface area contributed by atoms with Gasteiger partial charge in [-0.05, 0) is 47.9 Å². The summed E-state index contributed by atoms with van der Waals surface area (Å²) in [7, 11) is 3.74. The van der Waals surface area contributed by atoms with Gasteiger partial charge in [0.2, 0.25) is 5.91 Å². The number of ketones is 1. The van der Waals surface area contributed by atoms with Gasteiger partial charge in [0.1, 0.15) is 5.52 Å². The minimum Gasteiger partial charge on any atom is -0.431 e. The van der Waals surface area contributed by atoms with Crippen LogP contribution in [0.2, 0.25) is 0 Å². The molecule has 1 aromatic heterocycles. The molecule has 0 bridgehead atoms. The average molecular weight is 522 g/mol. The van der Waals surface area contributed by atoms with Crippen LogP contribution in [0.5, 0.6) is 0 Å². The van der Waals surface area contributed by atoms with Crippen LogP contribution in [0.15, 0.2) is 58.3 Å². The van der Waals surface area contributed by atoms with E-state index >= 15 is 0 Å². The summed E-state index contributed by atoms with van der Waals surface area (Å²) in [6, 6.07) is 11.7. The van der Waals surface area contributed by atoms with Crippen LogP contribution < -0.4 is 5.32 Å². The Kier molecular flexibility index (Phi) is 10.4. The number of unbranched alkanes of at least 4 members (excludes halogenated alkanes) is 2. The first-order valence-electron chi connectivity index (χ1n) is 13.0. The number of hydrogen-bond acceptors (Lipinski definition) is 6. The highest BCUT2D eigenvalue weighted by molar-refractivity contribution is 7.99. The van der Waals surface area contributed by atoms with Crippen molar-refractivity contribution in [2.45, 2.75) is 70.4 Å². The average Bonchev–Trinajstić information content (AvgIpc) is 3.27. The number of para-hydroxylation sites is 2. The van der Waals surface area contributed by atoms with E-state index < -0.39 is 0 Å². The molecule has 0 aliphatic heterocycles. The standard InChI is InChI=1S/C30H39N3O3S/c1-20(2)22-12-10-13-23(21(3)4)28(22)32-27(35)16-8-7-9-19-37-30-31-25-15-11-14-24(29(25)36-30)26(34)17-18-33(5)6/h10-15,17-18,20-21H,7-9,16,19H2,1-6H3,(H,32,35)/b18-17+. The van der Waals surface area contributed by atoms with Crippen molar-refractivity contribution in [3.63, 3.8) is 0 Å². The second kappa shape index (κ2) is 13.5. The molecule has 0 aliphatic carbocycles. The number of carbonyl (C=O) groups is 2. The van der Waals surface area contributed by atoms with E-state index in [9.17, 15) is 9.59 Å². The molecular weight excluding hydrogens is 482 g/mol. The van der Waals surface area contributed by atoms with Crippen LogP contribution in [0.4, 0.5) is 5.69 Å². The second-order valence-corrected chi connectivity index (χ2v) is 11.2. The fourth-order valence-corrected chi connectivity index (χ4v) is 4.94. The Balaban J connectivity index is 1.48. The molecular formula is C30H39N3O3S. The Morgan fingerprint density at radius 1 is 1.00 bits per heavy atom. The molecule has 2 aromatic carbocycles. The Hall–Kier alpha value is -3.06. The summed E-state index contributed by atoms with van der Waals surface area (Å²) in [5.74, 6) is 1.50. The van der Waals surface area contributed by atoms with Gasteiger partial charge in [-0.3, -0.25) is 9.59 Å². The molecule has 0 spiro atoms. The van der Waals surface area contributed by atoms with Crippen LogP contribution in [-0.4, -0.2) is 41.4 Å². The molecule has 0 saturated carbocycles. The number of fused-ring (bicyclic) bond motifs is 1. The summed E-state index contributed by atoms with van der Waals surface area (Å²) in [6.45, 7) is 8.63. The van der Waals surface area contributed by atoms with E-state index in [2.05, 4.69) is 56.2 Å². The Bertz CT molecular complexity index is 1220. The van der Waals surface area contributed by atoms with Crippen LogP contribution >= 0.6 is 11.8 Å². The van der Waals surface area contributed by atoms with E-state index in [1.165, 1.54) is 17.2 Å². The lowest BCUT2D eigenvalue weighted by Crippen LogP contribution is -2.15. The summed E-state index contributed by atoms with van der Waals surface area (Å²) in [5, 5.41) is 3.76. The van der Waals surface area contributed by atoms with Crippen LogP contribution in [-0.2, 0) is 4.79 Å². The minimum absolute atomic E-state index is 0.0714. The summed E-state index contributed by atoms with van der Waals surface area (Å²) in [6.07, 6.45) is 6.49. The van der Waals surface area contributed by atoms with Crippen molar-refractivity contribution >= 4 is 40.2 Å². The van der Waals surface area contributed by atoms with E-state index in [1.54, 1.807) is 24.0 Å². The number of amides is 1. The summed E-state index contributed by atoms with van der Waals surface area (Å²) >= 11 is 1.54. The monoisotopic (exact) mass is 521 g/mol. The highest BCUT2D eigenvalue weighted by atomic mass is 32.2. The van der Waals surface area contributed by atoms with Crippen molar-refractivity contribution < 1.29 is 14.0 Å². The summed E-state index contributed by atoms with van der Waals surface area (Å²) in [5.41, 5.74) is 5.09. The minimum atomic E-state index is -0.109. The highest BCUT2D eigenvalue weighted by Gasteiger charge is 2.16. The Morgan fingerprint density at radius 2 is 1.68 bits per heavy atom. The number of nitrogens with zero attached hydrogens (tertiary/aromatic N) is 2. The highest BCUT2D eigenvalue weighted by Crippen LogP contribution is 2.32. The van der Waals surface area contributed by atoms with Crippen molar-refractivity contribution in [3.8, 4) is 0 Å². The van der Waals surface area contributed by atoms with E-state index in [1.807, 2.05) is 31.1 Å². The zero-order valence-electron chi connectivity index (χ0n) is 22.8. The normalized spacial score (nSPS) is 11.7. The first-order valence-corrected chi connectivity index (χ1v) is 14.0. The van der Waals surface area contributed by atoms with Gasteiger partial charge in [-0.25, -0.2) is 4.98 Å². The maximum Gasteiger partial charge on any atom is 0.256 e. The van der Waals surface area contributed by atoms with Gasteiger partial charge in [0.05, 0.1) is 5.56 Å². The maximum atomic E-state index is 12.7. The number of carbonyl (C=O) groups excluding carboxylic acids is 2. The predicted octanol–water partition coefficient (Wildman–Crippen LogP) is 7.62. The fraction of sp³-hybridized carbons (Fsp3) is 0.433. The smallest absolute Gasteiger partial charge is 0.256 e. The third kappa shape index (κ3) is 7.96. The number of rotatable bonds is 13. The zero-order valence-corrected chi connectivity index (χ0v) is 23.7. The van der Waals surface area contributed by atoms with Crippen LogP contribution in [0, 0.1) is 0 Å². The number of hydrogen-bond donors (Lipinski definition) is 1. The van der Waals surface area contributed by atoms with Crippen LogP contribution in [0.25, 0.3) is 11.1 Å². The van der Waals surface area contributed by atoms with Gasteiger partial charge < -0.3 is 14.6 Å². The second-order valence-electron chi connectivity index (χ2n) is 10.1. The Morgan fingerprint density at radius 3 is 2.32 bits per heavy atom. The molecule has 37 heavy (non-hydrogen) atoms. The largest absolute Gasteiger partial charge is 0.431 e. The van der Waals surface area contributed by atoms with Gasteiger partial charge >= 0.3 is 0 Å². The van der Waals surface area contributed by atoms with Gasteiger partial charge in [0.25, 0.3) is 5.22 Å². The quantitative estimate of drug-likeness (QED) is 0.108. The van der Waals surface area contributed by atoms with E-state index in [4.69, 9.17) is 4.42 Å². The van der Waals surface area contributed by atoms with Crippen molar-refractivity contribution in [2.75, 3.05) is 25.2 Å². The SMILES string of the molecule is CC(C)c1cccc(C(C)C)c1NC(=O)CCCCCSc1nc2cccc(C(=O)/C=C/N(C)C)c2o1. The van der Waals surface area contributed by atoms with Gasteiger partial charge in [0.15, 0.2) is 11.4 Å². The first-order chi connectivity index (χ1) is 17.7. The lowest BCUT2D eigenvalue weighted by Gasteiger charge is -2.20. The topological polar surface area (TPSA) is 75.4 Å². The number of anilines is 1. The molecule has 0 atom stereocenters. The molecule has 7 heteroatoms. The summed E-state index contributed by atoms with van der Waals surface area (Å²) in [4.78, 5) is 31.6.